The van der Waals surface area contributed by atoms with Crippen molar-refractivity contribution in [1.29, 1.82) is 0 Å². The fourth-order valence-corrected chi connectivity index (χ4v) is 3.54. The molecule has 138 valence electrons. The van der Waals surface area contributed by atoms with E-state index >= 15 is 0 Å². The van der Waals surface area contributed by atoms with Gasteiger partial charge in [-0.3, -0.25) is 9.78 Å². The van der Waals surface area contributed by atoms with E-state index in [-0.39, 0.29) is 11.9 Å². The van der Waals surface area contributed by atoms with Crippen molar-refractivity contribution in [3.05, 3.63) is 61.2 Å². The highest BCUT2D eigenvalue weighted by Crippen LogP contribution is 2.23. The van der Waals surface area contributed by atoms with Crippen LogP contribution >= 0.6 is 0 Å². The topological polar surface area (TPSA) is 76.8 Å². The van der Waals surface area contributed by atoms with Crippen LogP contribution in [0.25, 0.3) is 11.4 Å². The van der Waals surface area contributed by atoms with Crippen molar-refractivity contribution in [1.82, 2.24) is 29.4 Å². The van der Waals surface area contributed by atoms with Crippen LogP contribution in [-0.2, 0) is 6.54 Å². The SMILES string of the molecule is O=C(c1cnc(-c2ccncc2)nc1)N1CCCCC1CCn1ccnc1. The molecule has 7 nitrogen and oxygen atoms in total. The van der Waals surface area contributed by atoms with E-state index < -0.39 is 0 Å². The second-order valence-corrected chi connectivity index (χ2v) is 6.77. The number of carbonyl (C=O) groups excluding carboxylic acids is 1. The molecule has 27 heavy (non-hydrogen) atoms. The molecule has 4 rings (SSSR count). The molecule has 0 saturated carbocycles. The van der Waals surface area contributed by atoms with Gasteiger partial charge in [0.1, 0.15) is 0 Å². The summed E-state index contributed by atoms with van der Waals surface area (Å²) in [7, 11) is 0. The Labute approximate surface area is 158 Å². The average molecular weight is 362 g/mol. The Balaban J connectivity index is 1.46. The zero-order valence-electron chi connectivity index (χ0n) is 15.1. The number of imidazole rings is 1. The minimum atomic E-state index is 0.0200. The van der Waals surface area contributed by atoms with E-state index in [2.05, 4.69) is 24.5 Å². The van der Waals surface area contributed by atoms with Crippen LogP contribution < -0.4 is 0 Å². The van der Waals surface area contributed by atoms with Gasteiger partial charge >= 0.3 is 0 Å². The van der Waals surface area contributed by atoms with Crippen LogP contribution in [0.1, 0.15) is 36.0 Å². The summed E-state index contributed by atoms with van der Waals surface area (Å²) in [5.41, 5.74) is 1.43. The highest BCUT2D eigenvalue weighted by Gasteiger charge is 2.27. The van der Waals surface area contributed by atoms with Crippen molar-refractivity contribution >= 4 is 5.91 Å². The van der Waals surface area contributed by atoms with Crippen LogP contribution in [0.5, 0.6) is 0 Å². The number of nitrogens with zero attached hydrogens (tertiary/aromatic N) is 6. The summed E-state index contributed by atoms with van der Waals surface area (Å²) < 4.78 is 2.06. The molecular weight excluding hydrogens is 340 g/mol. The fraction of sp³-hybridized carbons (Fsp3) is 0.350. The Morgan fingerprint density at radius 1 is 1.07 bits per heavy atom. The van der Waals surface area contributed by atoms with Gasteiger partial charge in [-0.25, -0.2) is 15.0 Å². The lowest BCUT2D eigenvalue weighted by Crippen LogP contribution is -2.44. The number of carbonyl (C=O) groups is 1. The Hall–Kier alpha value is -3.09. The van der Waals surface area contributed by atoms with E-state index in [1.165, 1.54) is 0 Å². The molecule has 1 aliphatic rings. The Morgan fingerprint density at radius 2 is 1.89 bits per heavy atom. The Bertz CT molecular complexity index is 863. The van der Waals surface area contributed by atoms with Gasteiger partial charge in [-0.2, -0.15) is 0 Å². The van der Waals surface area contributed by atoms with E-state index in [9.17, 15) is 4.79 Å². The molecule has 1 atom stereocenters. The van der Waals surface area contributed by atoms with Crippen LogP contribution in [0, 0.1) is 0 Å². The molecule has 1 aliphatic heterocycles. The maximum Gasteiger partial charge on any atom is 0.257 e. The molecule has 0 aromatic carbocycles. The van der Waals surface area contributed by atoms with E-state index in [1.54, 1.807) is 31.0 Å². The molecule has 0 aliphatic carbocycles. The van der Waals surface area contributed by atoms with Gasteiger partial charge in [0.05, 0.1) is 11.9 Å². The third-order valence-electron chi connectivity index (χ3n) is 5.01. The molecule has 0 radical (unpaired) electrons. The maximum atomic E-state index is 13.0. The summed E-state index contributed by atoms with van der Waals surface area (Å²) in [6, 6.07) is 3.95. The Morgan fingerprint density at radius 3 is 2.63 bits per heavy atom. The second kappa shape index (κ2) is 8.07. The van der Waals surface area contributed by atoms with Gasteiger partial charge in [0.25, 0.3) is 5.91 Å². The van der Waals surface area contributed by atoms with Crippen molar-refractivity contribution in [2.75, 3.05) is 6.54 Å². The van der Waals surface area contributed by atoms with Gasteiger partial charge in [0, 0.05) is 61.9 Å². The summed E-state index contributed by atoms with van der Waals surface area (Å²) in [6.07, 6.45) is 16.4. The fourth-order valence-electron chi connectivity index (χ4n) is 3.54. The number of hydrogen-bond donors (Lipinski definition) is 0. The molecule has 3 aromatic heterocycles. The number of amides is 1. The van der Waals surface area contributed by atoms with Crippen LogP contribution in [0.15, 0.2) is 55.6 Å². The standard InChI is InChI=1S/C20H22N6O/c27-20(17-13-23-19(24-14-17)16-4-7-21-8-5-16)26-10-2-1-3-18(26)6-11-25-12-9-22-15-25/h4-5,7-9,12-15,18H,1-3,6,10-11H2. The van der Waals surface area contributed by atoms with E-state index in [1.807, 2.05) is 29.6 Å². The van der Waals surface area contributed by atoms with E-state index in [0.29, 0.717) is 11.4 Å². The first-order valence-electron chi connectivity index (χ1n) is 9.30. The number of likely N-dealkylation sites (tertiary alicyclic amines) is 1. The van der Waals surface area contributed by atoms with Crippen molar-refractivity contribution in [2.45, 2.75) is 38.3 Å². The van der Waals surface area contributed by atoms with Crippen LogP contribution in [-0.4, -0.2) is 47.9 Å². The van der Waals surface area contributed by atoms with Crippen molar-refractivity contribution in [3.63, 3.8) is 0 Å². The smallest absolute Gasteiger partial charge is 0.257 e. The molecule has 4 heterocycles. The summed E-state index contributed by atoms with van der Waals surface area (Å²) in [4.78, 5) is 31.9. The Kier molecular flexibility index (Phi) is 5.18. The molecule has 0 bridgehead atoms. The van der Waals surface area contributed by atoms with Crippen molar-refractivity contribution < 1.29 is 4.79 Å². The lowest BCUT2D eigenvalue weighted by Gasteiger charge is -2.36. The van der Waals surface area contributed by atoms with Gasteiger partial charge in [0.2, 0.25) is 0 Å². The third-order valence-corrected chi connectivity index (χ3v) is 5.01. The number of aryl methyl sites for hydroxylation is 1. The van der Waals surface area contributed by atoms with Crippen molar-refractivity contribution in [3.8, 4) is 11.4 Å². The highest BCUT2D eigenvalue weighted by molar-refractivity contribution is 5.94. The zero-order chi connectivity index (χ0) is 18.5. The first-order valence-corrected chi connectivity index (χ1v) is 9.30. The lowest BCUT2D eigenvalue weighted by molar-refractivity contribution is 0.0594. The number of piperidine rings is 1. The van der Waals surface area contributed by atoms with Gasteiger partial charge in [-0.05, 0) is 37.8 Å². The molecule has 3 aromatic rings. The van der Waals surface area contributed by atoms with Gasteiger partial charge in [-0.15, -0.1) is 0 Å². The first-order chi connectivity index (χ1) is 13.3. The number of rotatable bonds is 5. The summed E-state index contributed by atoms with van der Waals surface area (Å²) in [5.74, 6) is 0.621. The highest BCUT2D eigenvalue weighted by atomic mass is 16.2. The van der Waals surface area contributed by atoms with Gasteiger partial charge in [0.15, 0.2) is 5.82 Å². The van der Waals surface area contributed by atoms with Gasteiger partial charge in [-0.1, -0.05) is 0 Å². The van der Waals surface area contributed by atoms with E-state index in [0.717, 1.165) is 44.3 Å². The summed E-state index contributed by atoms with van der Waals surface area (Å²) in [6.45, 7) is 1.66. The number of hydrogen-bond acceptors (Lipinski definition) is 5. The molecule has 0 N–H and O–H groups in total. The predicted octanol–water partition coefficient (Wildman–Crippen LogP) is 2.82. The molecule has 1 saturated heterocycles. The third kappa shape index (κ3) is 4.02. The monoisotopic (exact) mass is 362 g/mol. The molecule has 1 amide bonds. The van der Waals surface area contributed by atoms with Gasteiger partial charge < -0.3 is 9.47 Å². The normalized spacial score (nSPS) is 17.0. The summed E-state index contributed by atoms with van der Waals surface area (Å²) in [5, 5.41) is 0. The molecule has 7 heteroatoms. The first kappa shape index (κ1) is 17.3. The molecule has 1 unspecified atom stereocenters. The predicted molar refractivity (Wildman–Crippen MR) is 101 cm³/mol. The quantitative estimate of drug-likeness (QED) is 0.697. The lowest BCUT2D eigenvalue weighted by atomic mass is 9.98. The summed E-state index contributed by atoms with van der Waals surface area (Å²) >= 11 is 0. The number of aromatic nitrogens is 5. The minimum absolute atomic E-state index is 0.0200. The van der Waals surface area contributed by atoms with Crippen LogP contribution in [0.2, 0.25) is 0 Å². The second-order valence-electron chi connectivity index (χ2n) is 6.77. The molecule has 1 fully saturated rings. The van der Waals surface area contributed by atoms with Crippen LogP contribution in [0.3, 0.4) is 0 Å². The largest absolute Gasteiger partial charge is 0.337 e. The average Bonchev–Trinajstić information content (AvgIpc) is 3.26. The van der Waals surface area contributed by atoms with Crippen molar-refractivity contribution in [2.24, 2.45) is 0 Å². The van der Waals surface area contributed by atoms with E-state index in [4.69, 9.17) is 0 Å². The molecular formula is C20H22N6O. The maximum absolute atomic E-state index is 13.0. The minimum Gasteiger partial charge on any atom is -0.337 e. The number of pyridine rings is 1. The zero-order valence-corrected chi connectivity index (χ0v) is 15.1. The van der Waals surface area contributed by atoms with Crippen LogP contribution in [0.4, 0.5) is 0 Å². The molecule has 0 spiro atoms.